The fourth-order valence-corrected chi connectivity index (χ4v) is 3.38. The lowest BCUT2D eigenvalue weighted by Crippen LogP contribution is -2.36. The number of hydrogen-bond donors (Lipinski definition) is 2. The van der Waals surface area contributed by atoms with E-state index in [4.69, 9.17) is 0 Å². The molecule has 0 bridgehead atoms. The number of halogens is 1. The van der Waals surface area contributed by atoms with Gasteiger partial charge in [-0.1, -0.05) is 0 Å². The van der Waals surface area contributed by atoms with Crippen LogP contribution in [0.4, 0.5) is 0 Å². The van der Waals surface area contributed by atoms with Crippen molar-refractivity contribution in [3.63, 3.8) is 0 Å². The van der Waals surface area contributed by atoms with Crippen LogP contribution < -0.4 is 10.6 Å². The molecule has 9 heteroatoms. The Morgan fingerprint density at radius 1 is 1.26 bits per heavy atom. The van der Waals surface area contributed by atoms with E-state index in [0.717, 1.165) is 41.1 Å². The number of aryl methyl sites for hydroxylation is 2. The molecule has 0 atom stereocenters. The number of nitrogens with one attached hydrogen (secondary N) is 2. The van der Waals surface area contributed by atoms with Gasteiger partial charge in [-0.2, -0.15) is 5.10 Å². The molecule has 0 aliphatic heterocycles. The standard InChI is InChI=1S/C18H23N7S.HI/c1-4-19-18(22-12-16-13(2)24-14(3)26-16)21-11-15-6-8-20-17(10-15)25-9-5-7-23-25;/h5-10H,4,11-12H2,1-3H3,(H2,19,21,22);1H. The second-order valence-electron chi connectivity index (χ2n) is 5.76. The number of thiazole rings is 1. The first-order valence-electron chi connectivity index (χ1n) is 8.55. The van der Waals surface area contributed by atoms with Crippen molar-refractivity contribution in [1.82, 2.24) is 30.4 Å². The van der Waals surface area contributed by atoms with Gasteiger partial charge in [-0.25, -0.2) is 19.6 Å². The van der Waals surface area contributed by atoms with Crippen LogP contribution >= 0.6 is 35.3 Å². The lowest BCUT2D eigenvalue weighted by Gasteiger charge is -2.11. The zero-order valence-electron chi connectivity index (χ0n) is 15.6. The average molecular weight is 497 g/mol. The topological polar surface area (TPSA) is 80.0 Å². The van der Waals surface area contributed by atoms with Crippen molar-refractivity contribution >= 4 is 41.3 Å². The van der Waals surface area contributed by atoms with E-state index in [1.54, 1.807) is 28.4 Å². The van der Waals surface area contributed by atoms with Crippen molar-refractivity contribution in [3.05, 3.63) is 57.9 Å². The van der Waals surface area contributed by atoms with E-state index >= 15 is 0 Å². The minimum Gasteiger partial charge on any atom is -0.357 e. The Bertz CT molecular complexity index is 874. The number of hydrogen-bond acceptors (Lipinski definition) is 5. The summed E-state index contributed by atoms with van der Waals surface area (Å²) in [6, 6.07) is 5.84. The van der Waals surface area contributed by atoms with Gasteiger partial charge in [0.1, 0.15) is 0 Å². The first-order chi connectivity index (χ1) is 12.7. The highest BCUT2D eigenvalue weighted by Gasteiger charge is 2.06. The molecule has 0 aromatic carbocycles. The highest BCUT2D eigenvalue weighted by atomic mass is 127. The summed E-state index contributed by atoms with van der Waals surface area (Å²) in [6.07, 6.45) is 5.40. The molecule has 3 aromatic heterocycles. The molecule has 0 unspecified atom stereocenters. The molecule has 0 amide bonds. The largest absolute Gasteiger partial charge is 0.357 e. The lowest BCUT2D eigenvalue weighted by molar-refractivity contribution is 0.815. The van der Waals surface area contributed by atoms with Crippen LogP contribution in [0.1, 0.15) is 28.1 Å². The molecule has 0 spiro atoms. The van der Waals surface area contributed by atoms with Crippen LogP contribution in [0, 0.1) is 13.8 Å². The Morgan fingerprint density at radius 2 is 2.11 bits per heavy atom. The number of aromatic nitrogens is 4. The van der Waals surface area contributed by atoms with Crippen molar-refractivity contribution in [1.29, 1.82) is 0 Å². The molecule has 0 radical (unpaired) electrons. The SMILES string of the molecule is CCNC(=NCc1ccnc(-n2cccn2)c1)NCc1sc(C)nc1C.I. The molecule has 7 nitrogen and oxygen atoms in total. The predicted molar refractivity (Wildman–Crippen MR) is 120 cm³/mol. The van der Waals surface area contributed by atoms with Crippen molar-refractivity contribution in [2.24, 2.45) is 4.99 Å². The fraction of sp³-hybridized carbons (Fsp3) is 0.333. The molecule has 0 fully saturated rings. The zero-order valence-corrected chi connectivity index (χ0v) is 18.8. The molecule has 3 rings (SSSR count). The van der Waals surface area contributed by atoms with E-state index in [9.17, 15) is 0 Å². The quantitative estimate of drug-likeness (QED) is 0.311. The van der Waals surface area contributed by atoms with Crippen LogP contribution in [0.3, 0.4) is 0 Å². The summed E-state index contributed by atoms with van der Waals surface area (Å²) in [5, 5.41) is 12.0. The van der Waals surface area contributed by atoms with E-state index in [1.807, 2.05) is 38.2 Å². The second-order valence-corrected chi connectivity index (χ2v) is 7.05. The van der Waals surface area contributed by atoms with Gasteiger partial charge in [-0.05, 0) is 44.5 Å². The molecule has 144 valence electrons. The van der Waals surface area contributed by atoms with Crippen molar-refractivity contribution in [3.8, 4) is 5.82 Å². The average Bonchev–Trinajstić information content (AvgIpc) is 3.27. The number of aliphatic imine (C=N–C) groups is 1. The summed E-state index contributed by atoms with van der Waals surface area (Å²) < 4.78 is 1.74. The van der Waals surface area contributed by atoms with Gasteiger partial charge in [0.2, 0.25) is 0 Å². The third-order valence-corrected chi connectivity index (χ3v) is 4.80. The van der Waals surface area contributed by atoms with Gasteiger partial charge in [0.25, 0.3) is 0 Å². The van der Waals surface area contributed by atoms with E-state index < -0.39 is 0 Å². The van der Waals surface area contributed by atoms with Crippen molar-refractivity contribution in [2.45, 2.75) is 33.9 Å². The number of nitrogens with zero attached hydrogens (tertiary/aromatic N) is 5. The van der Waals surface area contributed by atoms with Crippen LogP contribution in [0.2, 0.25) is 0 Å². The van der Waals surface area contributed by atoms with E-state index in [0.29, 0.717) is 6.54 Å². The first-order valence-corrected chi connectivity index (χ1v) is 9.37. The van der Waals surface area contributed by atoms with Gasteiger partial charge < -0.3 is 10.6 Å². The van der Waals surface area contributed by atoms with Gasteiger partial charge in [0.05, 0.1) is 23.8 Å². The fourth-order valence-electron chi connectivity index (χ4n) is 2.50. The molecule has 3 heterocycles. The zero-order chi connectivity index (χ0) is 18.4. The Kier molecular flexibility index (Phi) is 8.17. The molecule has 27 heavy (non-hydrogen) atoms. The minimum absolute atomic E-state index is 0. The Hall–Kier alpha value is -2.01. The molecule has 0 saturated carbocycles. The summed E-state index contributed by atoms with van der Waals surface area (Å²) >= 11 is 1.71. The molecule has 2 N–H and O–H groups in total. The van der Waals surface area contributed by atoms with Gasteiger partial charge in [-0.3, -0.25) is 0 Å². The van der Waals surface area contributed by atoms with Gasteiger partial charge >= 0.3 is 0 Å². The second kappa shape index (κ2) is 10.4. The predicted octanol–water partition coefficient (Wildman–Crippen LogP) is 3.21. The maximum atomic E-state index is 4.68. The number of pyridine rings is 1. The Morgan fingerprint density at radius 3 is 2.78 bits per heavy atom. The molecular weight excluding hydrogens is 473 g/mol. The van der Waals surface area contributed by atoms with Crippen LogP contribution in [-0.2, 0) is 13.1 Å². The van der Waals surface area contributed by atoms with E-state index in [-0.39, 0.29) is 24.0 Å². The number of rotatable bonds is 6. The molecule has 0 aliphatic rings. The smallest absolute Gasteiger partial charge is 0.191 e. The van der Waals surface area contributed by atoms with E-state index in [1.165, 1.54) is 4.88 Å². The number of guanidine groups is 1. The maximum Gasteiger partial charge on any atom is 0.191 e. The summed E-state index contributed by atoms with van der Waals surface area (Å²) in [5.74, 6) is 1.58. The van der Waals surface area contributed by atoms with Crippen LogP contribution in [-0.4, -0.2) is 32.3 Å². The van der Waals surface area contributed by atoms with Gasteiger partial charge in [0, 0.05) is 30.0 Å². The van der Waals surface area contributed by atoms with Crippen LogP contribution in [0.15, 0.2) is 41.8 Å². The molecule has 0 aliphatic carbocycles. The highest BCUT2D eigenvalue weighted by molar-refractivity contribution is 14.0. The molecule has 0 saturated heterocycles. The summed E-state index contributed by atoms with van der Waals surface area (Å²) in [6.45, 7) is 8.22. The monoisotopic (exact) mass is 497 g/mol. The summed E-state index contributed by atoms with van der Waals surface area (Å²) in [5.41, 5.74) is 2.15. The van der Waals surface area contributed by atoms with E-state index in [2.05, 4.69) is 37.6 Å². The molecular formula is C18H24IN7S. The third-order valence-electron chi connectivity index (χ3n) is 3.73. The maximum absolute atomic E-state index is 4.68. The molecule has 3 aromatic rings. The van der Waals surface area contributed by atoms with Crippen molar-refractivity contribution < 1.29 is 0 Å². The normalized spacial score (nSPS) is 11.1. The summed E-state index contributed by atoms with van der Waals surface area (Å²) in [7, 11) is 0. The third kappa shape index (κ3) is 5.99. The first kappa shape index (κ1) is 21.3. The summed E-state index contributed by atoms with van der Waals surface area (Å²) in [4.78, 5) is 14.7. The van der Waals surface area contributed by atoms with Crippen LogP contribution in [0.25, 0.3) is 5.82 Å². The van der Waals surface area contributed by atoms with Gasteiger partial charge in [0.15, 0.2) is 11.8 Å². The van der Waals surface area contributed by atoms with Crippen molar-refractivity contribution in [2.75, 3.05) is 6.54 Å². The minimum atomic E-state index is 0. The Balaban J connectivity index is 0.00000261. The van der Waals surface area contributed by atoms with Gasteiger partial charge in [-0.15, -0.1) is 35.3 Å². The highest BCUT2D eigenvalue weighted by Crippen LogP contribution is 2.16. The lowest BCUT2D eigenvalue weighted by atomic mass is 10.2. The van der Waals surface area contributed by atoms with Crippen LogP contribution in [0.5, 0.6) is 0 Å². The Labute approximate surface area is 180 Å².